The lowest BCUT2D eigenvalue weighted by atomic mass is 10.0. The van der Waals surface area contributed by atoms with Gasteiger partial charge in [-0.3, -0.25) is 9.69 Å². The van der Waals surface area contributed by atoms with Gasteiger partial charge in [-0.1, -0.05) is 24.6 Å². The summed E-state index contributed by atoms with van der Waals surface area (Å²) in [6.45, 7) is 3.57. The molecule has 1 N–H and O–H groups in total. The normalized spacial score (nSPS) is 25.2. The molecule has 5 nitrogen and oxygen atoms in total. The smallest absolute Gasteiger partial charge is 0.253 e. The van der Waals surface area contributed by atoms with Crippen LogP contribution in [0.5, 0.6) is 0 Å². The second kappa shape index (κ2) is 6.57. The summed E-state index contributed by atoms with van der Waals surface area (Å²) in [6.07, 6.45) is 5.74. The average Bonchev–Trinajstić information content (AvgIpc) is 3.21. The van der Waals surface area contributed by atoms with Crippen molar-refractivity contribution in [2.45, 2.75) is 31.3 Å². The minimum absolute atomic E-state index is 0.00399. The third-order valence-corrected chi connectivity index (χ3v) is 5.37. The number of ether oxygens (including phenoxy) is 1. The predicted molar refractivity (Wildman–Crippen MR) is 94.2 cm³/mol. The van der Waals surface area contributed by atoms with E-state index < -0.39 is 0 Å². The van der Waals surface area contributed by atoms with Crippen LogP contribution >= 0.6 is 0 Å². The summed E-state index contributed by atoms with van der Waals surface area (Å²) in [4.78, 5) is 15.3. The summed E-state index contributed by atoms with van der Waals surface area (Å²) < 4.78 is 7.70. The number of amides is 1. The highest BCUT2D eigenvalue weighted by Gasteiger charge is 2.35. The fourth-order valence-electron chi connectivity index (χ4n) is 4.06. The van der Waals surface area contributed by atoms with E-state index in [1.54, 1.807) is 0 Å². The number of aromatic nitrogens is 1. The molecule has 0 spiro atoms. The van der Waals surface area contributed by atoms with Gasteiger partial charge in [0.05, 0.1) is 30.9 Å². The highest BCUT2D eigenvalue weighted by molar-refractivity contribution is 6.07. The van der Waals surface area contributed by atoms with Crippen molar-refractivity contribution in [1.29, 1.82) is 0 Å². The number of benzene rings is 1. The molecule has 0 aliphatic carbocycles. The number of hydrogen-bond donors (Lipinski definition) is 1. The average molecular weight is 327 g/mol. The molecule has 0 unspecified atom stereocenters. The molecule has 2 aliphatic heterocycles. The van der Waals surface area contributed by atoms with E-state index in [0.717, 1.165) is 36.2 Å². The van der Waals surface area contributed by atoms with E-state index >= 15 is 0 Å². The summed E-state index contributed by atoms with van der Waals surface area (Å²) in [5, 5.41) is 4.23. The molecule has 2 atom stereocenters. The highest BCUT2D eigenvalue weighted by Crippen LogP contribution is 2.22. The maximum absolute atomic E-state index is 12.9. The SMILES string of the molecule is Cn1cc(C(=O)N[C@H]2COC[C@@H]2N2CCCCC2)c2ccccc21. The summed E-state index contributed by atoms with van der Waals surface area (Å²) in [7, 11) is 1.98. The first-order valence-corrected chi connectivity index (χ1v) is 8.91. The van der Waals surface area contributed by atoms with Crippen molar-refractivity contribution in [2.24, 2.45) is 7.05 Å². The molecule has 128 valence electrons. The first-order valence-electron chi connectivity index (χ1n) is 8.91. The third-order valence-electron chi connectivity index (χ3n) is 5.37. The predicted octanol–water partition coefficient (Wildman–Crippen LogP) is 2.16. The summed E-state index contributed by atoms with van der Waals surface area (Å²) >= 11 is 0. The molecule has 2 aromatic rings. The van der Waals surface area contributed by atoms with Crippen molar-refractivity contribution in [1.82, 2.24) is 14.8 Å². The lowest BCUT2D eigenvalue weighted by Crippen LogP contribution is -2.52. The number of rotatable bonds is 3. The fourth-order valence-corrected chi connectivity index (χ4v) is 4.06. The highest BCUT2D eigenvalue weighted by atomic mass is 16.5. The lowest BCUT2D eigenvalue weighted by molar-refractivity contribution is 0.0901. The number of hydrogen-bond acceptors (Lipinski definition) is 3. The zero-order chi connectivity index (χ0) is 16.5. The van der Waals surface area contributed by atoms with Gasteiger partial charge in [0.2, 0.25) is 0 Å². The van der Waals surface area contributed by atoms with Crippen molar-refractivity contribution in [3.05, 3.63) is 36.0 Å². The van der Waals surface area contributed by atoms with Crippen LogP contribution in [-0.4, -0.2) is 53.8 Å². The Morgan fingerprint density at radius 3 is 2.79 bits per heavy atom. The Hall–Kier alpha value is -1.85. The van der Waals surface area contributed by atoms with Gasteiger partial charge in [0.1, 0.15) is 0 Å². The molecule has 1 aromatic heterocycles. The zero-order valence-corrected chi connectivity index (χ0v) is 14.2. The van der Waals surface area contributed by atoms with Gasteiger partial charge in [-0.15, -0.1) is 0 Å². The van der Waals surface area contributed by atoms with E-state index in [2.05, 4.69) is 10.2 Å². The van der Waals surface area contributed by atoms with Crippen molar-refractivity contribution in [2.75, 3.05) is 26.3 Å². The van der Waals surface area contributed by atoms with Crippen LogP contribution in [0.15, 0.2) is 30.5 Å². The fraction of sp³-hybridized carbons (Fsp3) is 0.526. The van der Waals surface area contributed by atoms with Crippen LogP contribution < -0.4 is 5.32 Å². The Balaban J connectivity index is 1.52. The number of nitrogens with zero attached hydrogens (tertiary/aromatic N) is 2. The molecule has 0 bridgehead atoms. The van der Waals surface area contributed by atoms with Crippen molar-refractivity contribution in [3.63, 3.8) is 0 Å². The second-order valence-corrected chi connectivity index (χ2v) is 6.95. The van der Waals surface area contributed by atoms with Crippen LogP contribution in [0, 0.1) is 0 Å². The second-order valence-electron chi connectivity index (χ2n) is 6.95. The first-order chi connectivity index (χ1) is 11.7. The van der Waals surface area contributed by atoms with Crippen LogP contribution in [0.25, 0.3) is 10.9 Å². The van der Waals surface area contributed by atoms with E-state index in [9.17, 15) is 4.79 Å². The molecule has 3 heterocycles. The summed E-state index contributed by atoms with van der Waals surface area (Å²) in [6, 6.07) is 8.42. The van der Waals surface area contributed by atoms with Gasteiger partial charge in [-0.05, 0) is 32.0 Å². The molecule has 1 amide bonds. The molecular formula is C19H25N3O2. The molecule has 4 rings (SSSR count). The number of aryl methyl sites for hydroxylation is 1. The molecular weight excluding hydrogens is 302 g/mol. The Labute approximate surface area is 142 Å². The molecule has 5 heteroatoms. The lowest BCUT2D eigenvalue weighted by Gasteiger charge is -2.34. The minimum Gasteiger partial charge on any atom is -0.378 e. The van der Waals surface area contributed by atoms with Crippen LogP contribution in [0.2, 0.25) is 0 Å². The Kier molecular flexibility index (Phi) is 4.29. The number of nitrogens with one attached hydrogen (secondary N) is 1. The molecule has 2 fully saturated rings. The van der Waals surface area contributed by atoms with Gasteiger partial charge in [-0.2, -0.15) is 0 Å². The topological polar surface area (TPSA) is 46.5 Å². The van der Waals surface area contributed by atoms with E-state index in [0.29, 0.717) is 12.6 Å². The number of likely N-dealkylation sites (tertiary alicyclic amines) is 1. The molecule has 0 saturated carbocycles. The van der Waals surface area contributed by atoms with Gasteiger partial charge in [0, 0.05) is 24.1 Å². The minimum atomic E-state index is 0.00399. The van der Waals surface area contributed by atoms with Gasteiger partial charge < -0.3 is 14.6 Å². The molecule has 2 aliphatic rings. The maximum atomic E-state index is 12.9. The quantitative estimate of drug-likeness (QED) is 0.940. The van der Waals surface area contributed by atoms with Crippen molar-refractivity contribution >= 4 is 16.8 Å². The molecule has 2 saturated heterocycles. The van der Waals surface area contributed by atoms with Crippen LogP contribution in [0.1, 0.15) is 29.6 Å². The van der Waals surface area contributed by atoms with Gasteiger partial charge in [0.25, 0.3) is 5.91 Å². The van der Waals surface area contributed by atoms with Crippen LogP contribution in [0.3, 0.4) is 0 Å². The molecule has 1 aromatic carbocycles. The van der Waals surface area contributed by atoms with E-state index in [1.165, 1.54) is 19.3 Å². The van der Waals surface area contributed by atoms with Crippen LogP contribution in [0.4, 0.5) is 0 Å². The molecule has 24 heavy (non-hydrogen) atoms. The summed E-state index contributed by atoms with van der Waals surface area (Å²) in [5.74, 6) is 0.00399. The number of piperidine rings is 1. The zero-order valence-electron chi connectivity index (χ0n) is 14.2. The Morgan fingerprint density at radius 1 is 1.17 bits per heavy atom. The van der Waals surface area contributed by atoms with E-state index in [4.69, 9.17) is 4.74 Å². The Bertz CT molecular complexity index is 733. The van der Waals surface area contributed by atoms with Gasteiger partial charge in [-0.25, -0.2) is 0 Å². The van der Waals surface area contributed by atoms with Gasteiger partial charge in [0.15, 0.2) is 0 Å². The van der Waals surface area contributed by atoms with Gasteiger partial charge >= 0.3 is 0 Å². The maximum Gasteiger partial charge on any atom is 0.253 e. The molecule has 0 radical (unpaired) electrons. The number of para-hydroxylation sites is 1. The number of fused-ring (bicyclic) bond motifs is 1. The largest absolute Gasteiger partial charge is 0.378 e. The van der Waals surface area contributed by atoms with Crippen molar-refractivity contribution in [3.8, 4) is 0 Å². The Morgan fingerprint density at radius 2 is 1.96 bits per heavy atom. The number of carbonyl (C=O) groups is 1. The van der Waals surface area contributed by atoms with Crippen molar-refractivity contribution < 1.29 is 9.53 Å². The van der Waals surface area contributed by atoms with E-state index in [1.807, 2.05) is 42.1 Å². The monoisotopic (exact) mass is 327 g/mol. The standard InChI is InChI=1S/C19H25N3O2/c1-21-11-15(14-7-3-4-8-17(14)21)19(23)20-16-12-24-13-18(16)22-9-5-2-6-10-22/h3-4,7-8,11,16,18H,2,5-6,9-10,12-13H2,1H3,(H,20,23)/t16-,18-/m0/s1. The first kappa shape index (κ1) is 15.7. The van der Waals surface area contributed by atoms with E-state index in [-0.39, 0.29) is 11.9 Å². The van der Waals surface area contributed by atoms with Crippen LogP contribution in [-0.2, 0) is 11.8 Å². The summed E-state index contributed by atoms with van der Waals surface area (Å²) in [5.41, 5.74) is 1.83. The third kappa shape index (κ3) is 2.82. The number of carbonyl (C=O) groups excluding carboxylic acids is 1.